The van der Waals surface area contributed by atoms with Gasteiger partial charge in [0.1, 0.15) is 17.6 Å². The van der Waals surface area contributed by atoms with E-state index in [1.54, 1.807) is 28.9 Å². The van der Waals surface area contributed by atoms with E-state index >= 15 is 0 Å². The summed E-state index contributed by atoms with van der Waals surface area (Å²) >= 11 is 0. The lowest BCUT2D eigenvalue weighted by molar-refractivity contribution is 0.475. The lowest BCUT2D eigenvalue weighted by Crippen LogP contribution is -1.79. The summed E-state index contributed by atoms with van der Waals surface area (Å²) in [6.07, 6.45) is 6.10. The standard InChI is InChI=1S/C7H5N2O/c10-6-1-3-9-4-2-8-7(9)5-6/h1,3-5,10H. The second kappa shape index (κ2) is 1.73. The molecule has 0 fully saturated rings. The number of aromatic nitrogens is 2. The fraction of sp³-hybridized carbons (Fsp3) is 0. The quantitative estimate of drug-likeness (QED) is 0.578. The summed E-state index contributed by atoms with van der Waals surface area (Å²) < 4.78 is 1.78. The average Bonchev–Trinajstić information content (AvgIpc) is 2.33. The maximum absolute atomic E-state index is 8.98. The molecule has 1 radical (unpaired) electrons. The third kappa shape index (κ3) is 0.639. The minimum Gasteiger partial charge on any atom is -0.508 e. The first-order chi connectivity index (χ1) is 4.86. The SMILES string of the molecule is Oc1ccn2c[c]nc2c1. The third-order valence-electron chi connectivity index (χ3n) is 1.32. The van der Waals surface area contributed by atoms with Crippen LogP contribution in [0.25, 0.3) is 5.65 Å². The van der Waals surface area contributed by atoms with E-state index in [1.165, 1.54) is 0 Å². The van der Waals surface area contributed by atoms with Crippen molar-refractivity contribution in [1.29, 1.82) is 0 Å². The van der Waals surface area contributed by atoms with Crippen molar-refractivity contribution in [2.24, 2.45) is 0 Å². The molecule has 2 aromatic heterocycles. The highest BCUT2D eigenvalue weighted by molar-refractivity contribution is 5.42. The molecule has 0 amide bonds. The van der Waals surface area contributed by atoms with Crippen molar-refractivity contribution in [1.82, 2.24) is 9.38 Å². The van der Waals surface area contributed by atoms with Gasteiger partial charge in [0.25, 0.3) is 0 Å². The average molecular weight is 133 g/mol. The van der Waals surface area contributed by atoms with Gasteiger partial charge in [-0.25, -0.2) is 4.98 Å². The van der Waals surface area contributed by atoms with Gasteiger partial charge in [0, 0.05) is 18.5 Å². The summed E-state index contributed by atoms with van der Waals surface area (Å²) in [7, 11) is 0. The molecule has 0 aliphatic carbocycles. The zero-order valence-electron chi connectivity index (χ0n) is 5.15. The van der Waals surface area contributed by atoms with E-state index in [-0.39, 0.29) is 5.75 Å². The lowest BCUT2D eigenvalue weighted by Gasteiger charge is -1.91. The van der Waals surface area contributed by atoms with Gasteiger partial charge >= 0.3 is 0 Å². The Bertz CT molecular complexity index is 353. The van der Waals surface area contributed by atoms with Crippen LogP contribution in [0.1, 0.15) is 0 Å². The molecule has 49 valence electrons. The van der Waals surface area contributed by atoms with Gasteiger partial charge in [-0.3, -0.25) is 0 Å². The number of rotatable bonds is 0. The van der Waals surface area contributed by atoms with Gasteiger partial charge < -0.3 is 9.51 Å². The van der Waals surface area contributed by atoms with Crippen LogP contribution in [0.5, 0.6) is 5.75 Å². The number of aromatic hydroxyl groups is 1. The van der Waals surface area contributed by atoms with Crippen LogP contribution in [0.2, 0.25) is 0 Å². The summed E-state index contributed by atoms with van der Waals surface area (Å²) in [5, 5.41) is 8.98. The highest BCUT2D eigenvalue weighted by atomic mass is 16.3. The molecule has 0 saturated heterocycles. The molecule has 0 unspecified atom stereocenters. The molecule has 3 heteroatoms. The first-order valence-corrected chi connectivity index (χ1v) is 2.90. The number of hydrogen-bond acceptors (Lipinski definition) is 2. The number of fused-ring (bicyclic) bond motifs is 1. The molecule has 0 aliphatic rings. The molecule has 10 heavy (non-hydrogen) atoms. The van der Waals surface area contributed by atoms with Crippen molar-refractivity contribution in [2.75, 3.05) is 0 Å². The van der Waals surface area contributed by atoms with Crippen molar-refractivity contribution in [3.63, 3.8) is 0 Å². The molecule has 0 aliphatic heterocycles. The van der Waals surface area contributed by atoms with Crippen LogP contribution in [0.4, 0.5) is 0 Å². The summed E-state index contributed by atoms with van der Waals surface area (Å²) in [5.74, 6) is 0.229. The Morgan fingerprint density at radius 2 is 2.50 bits per heavy atom. The van der Waals surface area contributed by atoms with Crippen molar-refractivity contribution >= 4 is 5.65 Å². The Hall–Kier alpha value is -1.51. The zero-order valence-corrected chi connectivity index (χ0v) is 5.15. The van der Waals surface area contributed by atoms with E-state index in [9.17, 15) is 0 Å². The van der Waals surface area contributed by atoms with E-state index in [1.807, 2.05) is 0 Å². The molecule has 2 rings (SSSR count). The van der Waals surface area contributed by atoms with Crippen LogP contribution < -0.4 is 0 Å². The van der Waals surface area contributed by atoms with Crippen molar-refractivity contribution in [3.05, 3.63) is 30.7 Å². The molecule has 1 N–H and O–H groups in total. The Balaban J connectivity index is 2.86. The third-order valence-corrected chi connectivity index (χ3v) is 1.32. The van der Waals surface area contributed by atoms with Crippen molar-refractivity contribution in [3.8, 4) is 5.75 Å². The van der Waals surface area contributed by atoms with E-state index in [0.29, 0.717) is 5.65 Å². The van der Waals surface area contributed by atoms with Crippen LogP contribution in [0.15, 0.2) is 24.5 Å². The molecule has 0 saturated carbocycles. The van der Waals surface area contributed by atoms with Crippen LogP contribution in [0, 0.1) is 6.20 Å². The number of hydrogen-bond donors (Lipinski definition) is 1. The van der Waals surface area contributed by atoms with E-state index in [4.69, 9.17) is 5.11 Å². The molecule has 0 spiro atoms. The van der Waals surface area contributed by atoms with E-state index < -0.39 is 0 Å². The predicted octanol–water partition coefficient (Wildman–Crippen LogP) is 0.840. The Labute approximate surface area is 57.6 Å². The molecule has 0 bridgehead atoms. The van der Waals surface area contributed by atoms with Crippen molar-refractivity contribution < 1.29 is 5.11 Å². The van der Waals surface area contributed by atoms with Gasteiger partial charge in [-0.15, -0.1) is 0 Å². The monoisotopic (exact) mass is 133 g/mol. The number of imidazole rings is 1. The fourth-order valence-electron chi connectivity index (χ4n) is 0.844. The summed E-state index contributed by atoms with van der Waals surface area (Å²) in [5.41, 5.74) is 0.708. The van der Waals surface area contributed by atoms with Gasteiger partial charge in [-0.2, -0.15) is 0 Å². The maximum atomic E-state index is 8.98. The fourth-order valence-corrected chi connectivity index (χ4v) is 0.844. The predicted molar refractivity (Wildman–Crippen MR) is 35.7 cm³/mol. The summed E-state index contributed by atoms with van der Waals surface area (Å²) in [6.45, 7) is 0. The first kappa shape index (κ1) is 5.29. The molecule has 2 aromatic rings. The molecule has 3 nitrogen and oxygen atoms in total. The Kier molecular flexibility index (Phi) is 0.917. The molecule has 0 atom stereocenters. The van der Waals surface area contributed by atoms with Crippen molar-refractivity contribution in [2.45, 2.75) is 0 Å². The molecular formula is C7H5N2O. The smallest absolute Gasteiger partial charge is 0.141 e. The largest absolute Gasteiger partial charge is 0.508 e. The topological polar surface area (TPSA) is 37.5 Å². The highest BCUT2D eigenvalue weighted by Crippen LogP contribution is 2.09. The minimum absolute atomic E-state index is 0.229. The van der Waals surface area contributed by atoms with Gasteiger partial charge in [-0.1, -0.05) is 0 Å². The lowest BCUT2D eigenvalue weighted by atomic mass is 10.4. The van der Waals surface area contributed by atoms with E-state index in [2.05, 4.69) is 11.2 Å². The van der Waals surface area contributed by atoms with Crippen LogP contribution in [-0.4, -0.2) is 14.5 Å². The van der Waals surface area contributed by atoms with Crippen LogP contribution in [0.3, 0.4) is 0 Å². The maximum Gasteiger partial charge on any atom is 0.141 e. The molecule has 2 heterocycles. The number of pyridine rings is 1. The summed E-state index contributed by atoms with van der Waals surface area (Å²) in [6, 6.07) is 3.18. The van der Waals surface area contributed by atoms with Gasteiger partial charge in [-0.05, 0) is 6.07 Å². The first-order valence-electron chi connectivity index (χ1n) is 2.90. The van der Waals surface area contributed by atoms with Crippen LogP contribution >= 0.6 is 0 Å². The molecular weight excluding hydrogens is 128 g/mol. The summed E-state index contributed by atoms with van der Waals surface area (Å²) in [4.78, 5) is 3.86. The van der Waals surface area contributed by atoms with E-state index in [0.717, 1.165) is 0 Å². The van der Waals surface area contributed by atoms with Gasteiger partial charge in [0.05, 0.1) is 0 Å². The second-order valence-corrected chi connectivity index (χ2v) is 2.02. The second-order valence-electron chi connectivity index (χ2n) is 2.02. The highest BCUT2D eigenvalue weighted by Gasteiger charge is 1.92. The molecule has 0 aromatic carbocycles. The van der Waals surface area contributed by atoms with Gasteiger partial charge in [0.2, 0.25) is 0 Å². The zero-order chi connectivity index (χ0) is 6.97. The van der Waals surface area contributed by atoms with Gasteiger partial charge in [0.15, 0.2) is 0 Å². The van der Waals surface area contributed by atoms with Crippen LogP contribution in [-0.2, 0) is 0 Å². The minimum atomic E-state index is 0.229. The Morgan fingerprint density at radius 1 is 1.60 bits per heavy atom. The normalized spacial score (nSPS) is 10.4. The Morgan fingerprint density at radius 3 is 3.40 bits per heavy atom. The number of nitrogens with zero attached hydrogens (tertiary/aromatic N) is 2.